The van der Waals surface area contributed by atoms with E-state index in [9.17, 15) is 0 Å². The van der Waals surface area contributed by atoms with E-state index in [-0.39, 0.29) is 10.5 Å². The van der Waals surface area contributed by atoms with Crippen molar-refractivity contribution in [1.82, 2.24) is 4.72 Å². The zero-order chi connectivity index (χ0) is 11.1. The van der Waals surface area contributed by atoms with Gasteiger partial charge in [-0.2, -0.15) is 0 Å². The average molecular weight is 212 g/mol. The van der Waals surface area contributed by atoms with Gasteiger partial charge in [0, 0.05) is 6.04 Å². The maximum Gasteiger partial charge on any atom is 0.00728 e. The molecule has 0 saturated heterocycles. The fourth-order valence-electron chi connectivity index (χ4n) is 0.850. The van der Waals surface area contributed by atoms with Gasteiger partial charge in [-0.25, -0.2) is 0 Å². The molecule has 0 rings (SSSR count). The molecule has 0 spiro atoms. The fourth-order valence-corrected chi connectivity index (χ4v) is 1.72. The van der Waals surface area contributed by atoms with Crippen molar-refractivity contribution in [2.24, 2.45) is 0 Å². The summed E-state index contributed by atoms with van der Waals surface area (Å²) in [4.78, 5) is 0. The average Bonchev–Trinajstić information content (AvgIpc) is 2.11. The quantitative estimate of drug-likeness (QED) is 0.558. The standard InChI is InChI=1S/C12H22NS/c1-7-12(9-8-10(2)3)13-14(6)11(4)5/h6,8-9,11-13H,2,7H2,1,3-5H3/q-1/b9-8-. The molecule has 0 aliphatic rings. The topological polar surface area (TPSA) is 12.0 Å². The number of hydrogen-bond donors (Lipinski definition) is 1. The first kappa shape index (κ1) is 13.6. The summed E-state index contributed by atoms with van der Waals surface area (Å²) in [6.45, 7) is 12.2. The maximum atomic E-state index is 5.96. The molecule has 1 nitrogen and oxygen atoms in total. The molecule has 1 N–H and O–H groups in total. The first-order valence-electron chi connectivity index (χ1n) is 5.04. The Balaban J connectivity index is 4.19. The van der Waals surface area contributed by atoms with Gasteiger partial charge in [-0.05, 0) is 13.3 Å². The van der Waals surface area contributed by atoms with Crippen molar-refractivity contribution in [2.45, 2.75) is 45.4 Å². The van der Waals surface area contributed by atoms with Crippen molar-refractivity contribution in [3.05, 3.63) is 24.3 Å². The van der Waals surface area contributed by atoms with Gasteiger partial charge in [0.1, 0.15) is 0 Å². The van der Waals surface area contributed by atoms with Crippen LogP contribution in [0.2, 0.25) is 0 Å². The minimum atomic E-state index is -0.197. The molecule has 1 unspecified atom stereocenters. The predicted molar refractivity (Wildman–Crippen MR) is 68.6 cm³/mol. The molecule has 0 radical (unpaired) electrons. The number of hydrogen-bond acceptors (Lipinski definition) is 2. The summed E-state index contributed by atoms with van der Waals surface area (Å²) >= 11 is 0. The highest BCUT2D eigenvalue weighted by atomic mass is 32.2. The molecule has 1 atom stereocenters. The highest BCUT2D eigenvalue weighted by Gasteiger charge is 1.95. The molecular weight excluding hydrogens is 190 g/mol. The fraction of sp³-hybridized carbons (Fsp3) is 0.583. The summed E-state index contributed by atoms with van der Waals surface area (Å²) in [5, 5.41) is 0.488. The smallest absolute Gasteiger partial charge is 0.00728 e. The summed E-state index contributed by atoms with van der Waals surface area (Å²) in [6.07, 6.45) is 5.23. The molecule has 0 aliphatic carbocycles. The maximum absolute atomic E-state index is 5.96. The third-order valence-corrected chi connectivity index (χ3v) is 3.44. The Morgan fingerprint density at radius 3 is 2.50 bits per heavy atom. The van der Waals surface area contributed by atoms with Crippen LogP contribution in [0.25, 0.3) is 0 Å². The van der Waals surface area contributed by atoms with Gasteiger partial charge in [-0.3, -0.25) is 0 Å². The molecule has 0 amide bonds. The molecule has 82 valence electrons. The van der Waals surface area contributed by atoms with Crippen LogP contribution in [0.5, 0.6) is 0 Å². The van der Waals surface area contributed by atoms with E-state index in [0.29, 0.717) is 11.3 Å². The Labute approximate surface area is 91.0 Å². The third-order valence-electron chi connectivity index (χ3n) is 1.85. The van der Waals surface area contributed by atoms with E-state index in [4.69, 9.17) is 5.69 Å². The van der Waals surface area contributed by atoms with Crippen molar-refractivity contribution in [3.63, 3.8) is 0 Å². The van der Waals surface area contributed by atoms with Crippen LogP contribution >= 0.6 is 0 Å². The van der Waals surface area contributed by atoms with Crippen LogP contribution < -0.4 is 4.72 Å². The van der Waals surface area contributed by atoms with Crippen LogP contribution in [0.4, 0.5) is 0 Å². The zero-order valence-corrected chi connectivity index (χ0v) is 10.5. The summed E-state index contributed by atoms with van der Waals surface area (Å²) in [5.41, 5.74) is 7.04. The van der Waals surface area contributed by atoms with Crippen molar-refractivity contribution < 1.29 is 0 Å². The molecule has 0 bridgehead atoms. The molecule has 0 heterocycles. The molecule has 0 saturated carbocycles. The lowest BCUT2D eigenvalue weighted by molar-refractivity contribution is 0.727. The summed E-state index contributed by atoms with van der Waals surface area (Å²) in [6, 6.07) is 0.363. The van der Waals surface area contributed by atoms with Crippen LogP contribution in [0, 0.1) is 5.69 Å². The van der Waals surface area contributed by atoms with Crippen LogP contribution in [0.1, 0.15) is 34.1 Å². The Hall–Kier alpha value is -0.430. The normalized spacial score (nSPS) is 14.1. The van der Waals surface area contributed by atoms with E-state index >= 15 is 0 Å². The lowest BCUT2D eigenvalue weighted by Gasteiger charge is -2.29. The molecule has 0 aliphatic heterocycles. The van der Waals surface area contributed by atoms with Crippen molar-refractivity contribution in [2.75, 3.05) is 0 Å². The Morgan fingerprint density at radius 2 is 2.14 bits per heavy atom. The van der Waals surface area contributed by atoms with Gasteiger partial charge >= 0.3 is 0 Å². The van der Waals surface area contributed by atoms with E-state index in [1.54, 1.807) is 0 Å². The molecule has 0 aromatic heterocycles. The van der Waals surface area contributed by atoms with Crippen LogP contribution in [0.3, 0.4) is 0 Å². The summed E-state index contributed by atoms with van der Waals surface area (Å²) in [7, 11) is -0.197. The second-order valence-electron chi connectivity index (χ2n) is 3.76. The summed E-state index contributed by atoms with van der Waals surface area (Å²) < 4.78 is 3.40. The van der Waals surface area contributed by atoms with E-state index < -0.39 is 0 Å². The van der Waals surface area contributed by atoms with Crippen LogP contribution in [-0.4, -0.2) is 11.3 Å². The highest BCUT2D eigenvalue weighted by Crippen LogP contribution is 2.00. The van der Waals surface area contributed by atoms with Gasteiger partial charge in [0.2, 0.25) is 0 Å². The van der Waals surface area contributed by atoms with Gasteiger partial charge in [-0.15, -0.1) is 5.25 Å². The third kappa shape index (κ3) is 6.09. The van der Waals surface area contributed by atoms with Gasteiger partial charge in [0.05, 0.1) is 0 Å². The number of nitrogens with one attached hydrogen (secondary N) is 1. The van der Waals surface area contributed by atoms with Gasteiger partial charge in [0.25, 0.3) is 0 Å². The first-order chi connectivity index (χ1) is 6.47. The zero-order valence-electron chi connectivity index (χ0n) is 9.71. The largest absolute Gasteiger partial charge is 0.405 e. The first-order valence-corrected chi connectivity index (χ1v) is 6.39. The van der Waals surface area contributed by atoms with Crippen molar-refractivity contribution in [3.8, 4) is 5.69 Å². The minimum absolute atomic E-state index is 0.197. The molecule has 14 heavy (non-hydrogen) atoms. The second kappa shape index (κ2) is 6.94. The van der Waals surface area contributed by atoms with Gasteiger partial charge < -0.3 is 20.9 Å². The Morgan fingerprint density at radius 1 is 1.57 bits per heavy atom. The Bertz CT molecular complexity index is 268. The van der Waals surface area contributed by atoms with E-state index in [0.717, 1.165) is 12.0 Å². The SMILES string of the molecule is C#[S-](NC(/C=C\C(=C)C)CC)C(C)C. The minimum Gasteiger partial charge on any atom is -0.405 e. The number of rotatable bonds is 4. The molecule has 0 aromatic rings. The van der Waals surface area contributed by atoms with Crippen LogP contribution in [-0.2, 0) is 10.5 Å². The lowest BCUT2D eigenvalue weighted by Crippen LogP contribution is -2.30. The van der Waals surface area contributed by atoms with E-state index in [2.05, 4.69) is 38.1 Å². The number of allylic oxidation sites excluding steroid dienone is 2. The molecule has 2 heteroatoms. The Kier molecular flexibility index (Phi) is 6.73. The monoisotopic (exact) mass is 212 g/mol. The molecule has 0 aromatic carbocycles. The summed E-state index contributed by atoms with van der Waals surface area (Å²) in [5.74, 6) is 0. The highest BCUT2D eigenvalue weighted by molar-refractivity contribution is 7.84. The van der Waals surface area contributed by atoms with E-state index in [1.807, 2.05) is 13.0 Å². The molecule has 0 fully saturated rings. The molecular formula is C12H22NS-. The van der Waals surface area contributed by atoms with E-state index in [1.165, 1.54) is 0 Å². The second-order valence-corrected chi connectivity index (χ2v) is 5.68. The van der Waals surface area contributed by atoms with Crippen LogP contribution in [0.15, 0.2) is 24.3 Å². The van der Waals surface area contributed by atoms with Gasteiger partial charge in [-0.1, -0.05) is 45.1 Å². The lowest BCUT2D eigenvalue weighted by atomic mass is 10.2. The van der Waals surface area contributed by atoms with Crippen molar-refractivity contribution >= 4 is 10.5 Å². The predicted octanol–water partition coefficient (Wildman–Crippen LogP) is 3.02. The van der Waals surface area contributed by atoms with Gasteiger partial charge in [0.15, 0.2) is 0 Å². The van der Waals surface area contributed by atoms with Crippen molar-refractivity contribution in [1.29, 1.82) is 0 Å².